The smallest absolute Gasteiger partial charge is 0.258 e. The molecule has 132 valence electrons. The van der Waals surface area contributed by atoms with Crippen LogP contribution in [0.4, 0.5) is 22.7 Å². The van der Waals surface area contributed by atoms with E-state index in [1.807, 2.05) is 0 Å². The lowest BCUT2D eigenvalue weighted by molar-refractivity contribution is -0.493. The Kier molecular flexibility index (Phi) is 7.66. The molecule has 0 amide bonds. The predicted octanol–water partition coefficient (Wildman–Crippen LogP) is 2.85. The van der Waals surface area contributed by atoms with Gasteiger partial charge in [-0.3, -0.25) is 30.3 Å². The first-order valence-electron chi connectivity index (χ1n) is 6.57. The molecule has 0 N–H and O–H groups in total. The van der Waals surface area contributed by atoms with Gasteiger partial charge in [0.2, 0.25) is 0 Å². The van der Waals surface area contributed by atoms with Crippen LogP contribution in [0.2, 0.25) is 0 Å². The summed E-state index contributed by atoms with van der Waals surface area (Å²) in [5, 5.41) is 41.7. The van der Waals surface area contributed by atoms with Crippen molar-refractivity contribution in [3.63, 3.8) is 0 Å². The molecule has 0 bridgehead atoms. The molecule has 13 nitrogen and oxygen atoms in total. The van der Waals surface area contributed by atoms with E-state index in [2.05, 4.69) is 13.8 Å². The summed E-state index contributed by atoms with van der Waals surface area (Å²) in [6, 6.07) is 0.838. The van der Waals surface area contributed by atoms with Crippen LogP contribution >= 0.6 is 0 Å². The molecule has 13 heteroatoms. The number of non-ortho nitro benzene ring substituents is 1. The lowest BCUT2D eigenvalue weighted by Crippen LogP contribution is -2.26. The van der Waals surface area contributed by atoms with Gasteiger partial charge >= 0.3 is 11.4 Å². The molecule has 0 aliphatic heterocycles. The number of benzene rings is 1. The summed E-state index contributed by atoms with van der Waals surface area (Å²) in [6.45, 7) is 4.36. The molecule has 0 atom stereocenters. The molecule has 0 spiro atoms. The lowest BCUT2D eigenvalue weighted by atomic mass is 10.2. The molecule has 1 aromatic carbocycles. The van der Waals surface area contributed by atoms with Crippen LogP contribution in [0.5, 0.6) is 0 Å². The average molecular weight is 345 g/mol. The zero-order chi connectivity index (χ0) is 19.0. The highest BCUT2D eigenvalue weighted by atomic mass is 16.7. The van der Waals surface area contributed by atoms with Gasteiger partial charge in [0, 0.05) is 0 Å². The van der Waals surface area contributed by atoms with Gasteiger partial charge in [0.1, 0.15) is 0 Å². The fraction of sp³-hybridized carbons (Fsp3) is 0.455. The molecule has 0 heterocycles. The van der Waals surface area contributed by atoms with Gasteiger partial charge < -0.3 is 0 Å². The second kappa shape index (κ2) is 8.92. The van der Waals surface area contributed by atoms with Gasteiger partial charge in [0.05, 0.1) is 34.0 Å². The first kappa shape index (κ1) is 20.6. The Morgan fingerprint density at radius 3 is 1.42 bits per heavy atom. The summed E-state index contributed by atoms with van der Waals surface area (Å²) in [4.78, 5) is 39.4. The number of hydrogen-bond donors (Lipinski definition) is 0. The summed E-state index contributed by atoms with van der Waals surface area (Å²) in [5.41, 5.74) is -4.07. The molecule has 24 heavy (non-hydrogen) atoms. The molecular weight excluding hydrogens is 330 g/mol. The van der Waals surface area contributed by atoms with Gasteiger partial charge in [-0.15, -0.1) is 0 Å². The van der Waals surface area contributed by atoms with E-state index in [9.17, 15) is 40.5 Å². The Morgan fingerprint density at radius 2 is 1.21 bits per heavy atom. The average Bonchev–Trinajstić information content (AvgIpc) is 2.52. The standard InChI is InChI=1S/C7H5N5O8.C4H10/c1-8(12(19)20)7-5(10(15)16)2-4(9(13)14)3-6(7)11(17)18;1-3-4-2/h2-3H,1H3;3-4H2,1-2H3. The van der Waals surface area contributed by atoms with E-state index in [0.29, 0.717) is 12.1 Å². The largest absolute Gasteiger partial charge is 0.312 e. The number of hydrogen-bond acceptors (Lipinski definition) is 8. The van der Waals surface area contributed by atoms with E-state index in [1.54, 1.807) is 0 Å². The van der Waals surface area contributed by atoms with E-state index < -0.39 is 42.6 Å². The van der Waals surface area contributed by atoms with Crippen LogP contribution in [0.1, 0.15) is 26.7 Å². The fourth-order valence-electron chi connectivity index (χ4n) is 1.39. The van der Waals surface area contributed by atoms with Crippen LogP contribution in [0.15, 0.2) is 12.1 Å². The lowest BCUT2D eigenvalue weighted by Gasteiger charge is -2.08. The number of nitro benzene ring substituents is 3. The van der Waals surface area contributed by atoms with Crippen molar-refractivity contribution in [1.82, 2.24) is 0 Å². The van der Waals surface area contributed by atoms with Gasteiger partial charge in [-0.2, -0.15) is 0 Å². The molecular formula is C11H15N5O8. The second-order valence-electron chi connectivity index (χ2n) is 4.37. The zero-order valence-electron chi connectivity index (χ0n) is 13.1. The number of unbranched alkanes of at least 4 members (excludes halogenated alkanes) is 1. The molecule has 0 aliphatic rings. The Morgan fingerprint density at radius 1 is 0.833 bits per heavy atom. The van der Waals surface area contributed by atoms with Gasteiger partial charge in [-0.1, -0.05) is 31.7 Å². The van der Waals surface area contributed by atoms with E-state index in [1.165, 1.54) is 12.8 Å². The molecule has 1 rings (SSSR count). The van der Waals surface area contributed by atoms with Crippen LogP contribution in [0, 0.1) is 40.5 Å². The summed E-state index contributed by atoms with van der Waals surface area (Å²) in [6.07, 6.45) is 2.64. The van der Waals surface area contributed by atoms with Crippen LogP contribution in [0.3, 0.4) is 0 Å². The summed E-state index contributed by atoms with van der Waals surface area (Å²) < 4.78 is 0. The van der Waals surface area contributed by atoms with Crippen molar-refractivity contribution in [2.45, 2.75) is 26.7 Å². The summed E-state index contributed by atoms with van der Waals surface area (Å²) in [7, 11) is 0.751. The van der Waals surface area contributed by atoms with Gasteiger partial charge in [-0.05, 0) is 0 Å². The highest BCUT2D eigenvalue weighted by molar-refractivity contribution is 5.76. The normalized spacial score (nSPS) is 9.46. The molecule has 0 saturated carbocycles. The van der Waals surface area contributed by atoms with Crippen LogP contribution < -0.4 is 5.01 Å². The Balaban J connectivity index is 0.00000118. The Bertz CT molecular complexity index is 625. The highest BCUT2D eigenvalue weighted by Crippen LogP contribution is 2.40. The van der Waals surface area contributed by atoms with E-state index >= 15 is 0 Å². The van der Waals surface area contributed by atoms with Crippen LogP contribution in [0.25, 0.3) is 0 Å². The molecule has 0 aliphatic carbocycles. The van der Waals surface area contributed by atoms with Crippen molar-refractivity contribution >= 4 is 22.7 Å². The molecule has 1 aromatic rings. The first-order valence-corrected chi connectivity index (χ1v) is 6.57. The number of hydrazine groups is 1. The first-order chi connectivity index (χ1) is 11.1. The molecule has 0 saturated heterocycles. The predicted molar refractivity (Wildman–Crippen MR) is 82.4 cm³/mol. The quantitative estimate of drug-likeness (QED) is 0.553. The Labute approximate surface area is 135 Å². The molecule has 0 radical (unpaired) electrons. The van der Waals surface area contributed by atoms with Crippen LogP contribution in [-0.2, 0) is 0 Å². The highest BCUT2D eigenvalue weighted by Gasteiger charge is 2.37. The van der Waals surface area contributed by atoms with Gasteiger partial charge in [0.15, 0.2) is 5.03 Å². The minimum Gasteiger partial charge on any atom is -0.258 e. The van der Waals surface area contributed by atoms with Gasteiger partial charge in [-0.25, -0.2) is 10.1 Å². The fourth-order valence-corrected chi connectivity index (χ4v) is 1.39. The van der Waals surface area contributed by atoms with Crippen molar-refractivity contribution in [3.05, 3.63) is 52.6 Å². The third-order valence-electron chi connectivity index (χ3n) is 2.73. The van der Waals surface area contributed by atoms with Crippen molar-refractivity contribution < 1.29 is 19.8 Å². The van der Waals surface area contributed by atoms with Crippen molar-refractivity contribution in [2.24, 2.45) is 0 Å². The molecule has 0 fully saturated rings. The third-order valence-corrected chi connectivity index (χ3v) is 2.73. The number of anilines is 1. The summed E-state index contributed by atoms with van der Waals surface area (Å²) >= 11 is 0. The SMILES string of the molecule is CCCC.CN(c1c([N+](=O)[O-])cc([N+](=O)[O-])cc1[N+](=O)[O-])[N+](=O)[O-]. The minimum atomic E-state index is -1.17. The second-order valence-corrected chi connectivity index (χ2v) is 4.37. The monoisotopic (exact) mass is 345 g/mol. The zero-order valence-corrected chi connectivity index (χ0v) is 13.1. The molecule has 0 unspecified atom stereocenters. The maximum atomic E-state index is 10.8. The number of nitro groups is 4. The van der Waals surface area contributed by atoms with E-state index in [4.69, 9.17) is 0 Å². The van der Waals surface area contributed by atoms with E-state index in [-0.39, 0.29) is 5.01 Å². The minimum absolute atomic E-state index is 0.0555. The van der Waals surface area contributed by atoms with Crippen molar-refractivity contribution in [3.8, 4) is 0 Å². The third kappa shape index (κ3) is 5.11. The van der Waals surface area contributed by atoms with Gasteiger partial charge in [0.25, 0.3) is 11.4 Å². The maximum Gasteiger partial charge on any atom is 0.312 e. The number of nitrogens with zero attached hydrogens (tertiary/aromatic N) is 5. The topological polar surface area (TPSA) is 176 Å². The van der Waals surface area contributed by atoms with E-state index in [0.717, 1.165) is 7.05 Å². The van der Waals surface area contributed by atoms with Crippen LogP contribution in [-0.4, -0.2) is 26.8 Å². The number of rotatable bonds is 6. The summed E-state index contributed by atoms with van der Waals surface area (Å²) in [5.74, 6) is 0. The molecule has 0 aromatic heterocycles. The van der Waals surface area contributed by atoms with Crippen molar-refractivity contribution in [2.75, 3.05) is 12.1 Å². The van der Waals surface area contributed by atoms with Crippen molar-refractivity contribution in [1.29, 1.82) is 0 Å². The Hall–Kier alpha value is -3.38. The maximum absolute atomic E-state index is 10.8.